The molecule has 0 saturated heterocycles. The first-order valence-corrected chi connectivity index (χ1v) is 9.45. The lowest BCUT2D eigenvalue weighted by Crippen LogP contribution is -2.35. The van der Waals surface area contributed by atoms with Gasteiger partial charge in [-0.15, -0.1) is 0 Å². The number of rotatable bonds is 6. The van der Waals surface area contributed by atoms with Crippen LogP contribution in [0, 0.1) is 0 Å². The highest BCUT2D eigenvalue weighted by atomic mass is 19.4. The summed E-state index contributed by atoms with van der Waals surface area (Å²) >= 11 is 0. The molecule has 0 unspecified atom stereocenters. The second-order valence-electron chi connectivity index (χ2n) is 6.97. The third-order valence-corrected chi connectivity index (χ3v) is 4.29. The van der Waals surface area contributed by atoms with Gasteiger partial charge in [-0.25, -0.2) is 9.78 Å². The quantitative estimate of drug-likeness (QED) is 0.707. The lowest BCUT2D eigenvalue weighted by molar-refractivity contribution is -0.192. The van der Waals surface area contributed by atoms with Crippen LogP contribution in [0.4, 0.5) is 13.2 Å². The summed E-state index contributed by atoms with van der Waals surface area (Å²) < 4.78 is 42.4. The zero-order chi connectivity index (χ0) is 23.0. The van der Waals surface area contributed by atoms with Gasteiger partial charge in [0.05, 0.1) is 12.3 Å². The maximum atomic E-state index is 12.2. The number of hydrogen-bond acceptors (Lipinski definition) is 6. The molecule has 170 valence electrons. The average Bonchev–Trinajstić information content (AvgIpc) is 3.12. The number of oxazole rings is 1. The van der Waals surface area contributed by atoms with Crippen LogP contribution < -0.4 is 5.32 Å². The summed E-state index contributed by atoms with van der Waals surface area (Å²) in [6, 6.07) is 10.3. The predicted octanol–water partition coefficient (Wildman–Crippen LogP) is 2.63. The van der Waals surface area contributed by atoms with Crippen molar-refractivity contribution in [2.24, 2.45) is 0 Å². The highest BCUT2D eigenvalue weighted by Gasteiger charge is 2.38. The maximum absolute atomic E-state index is 12.2. The van der Waals surface area contributed by atoms with E-state index < -0.39 is 12.1 Å². The van der Waals surface area contributed by atoms with Crippen LogP contribution in [0.3, 0.4) is 0 Å². The second-order valence-corrected chi connectivity index (χ2v) is 6.97. The molecule has 0 bridgehead atoms. The molecule has 2 N–H and O–H groups in total. The van der Waals surface area contributed by atoms with E-state index in [9.17, 15) is 18.0 Å². The fourth-order valence-electron chi connectivity index (χ4n) is 2.90. The van der Waals surface area contributed by atoms with E-state index in [1.807, 2.05) is 25.1 Å². The number of alkyl halides is 3. The Labute approximate surface area is 177 Å². The van der Waals surface area contributed by atoms with Crippen molar-refractivity contribution < 1.29 is 37.0 Å². The van der Waals surface area contributed by atoms with Crippen LogP contribution in [0.5, 0.6) is 0 Å². The molecule has 11 heteroatoms. The Bertz CT molecular complexity index is 871. The summed E-state index contributed by atoms with van der Waals surface area (Å²) in [5, 5.41) is 9.95. The summed E-state index contributed by atoms with van der Waals surface area (Å²) in [5.41, 5.74) is 2.14. The molecular weight excluding hydrogens is 419 g/mol. The molecule has 2 heterocycles. The molecule has 2 aromatic rings. The topological polar surface area (TPSA) is 105 Å². The first kappa shape index (κ1) is 24.4. The fraction of sp³-hybridized carbons (Fsp3) is 0.450. The summed E-state index contributed by atoms with van der Waals surface area (Å²) in [4.78, 5) is 27.8. The van der Waals surface area contributed by atoms with Crippen LogP contribution >= 0.6 is 0 Å². The lowest BCUT2D eigenvalue weighted by Gasteiger charge is -2.24. The summed E-state index contributed by atoms with van der Waals surface area (Å²) in [7, 11) is 1.60. The van der Waals surface area contributed by atoms with Gasteiger partial charge < -0.3 is 19.6 Å². The molecule has 0 radical (unpaired) electrons. The van der Waals surface area contributed by atoms with Crippen molar-refractivity contribution in [1.82, 2.24) is 15.2 Å². The number of carboxylic acid groups (broad SMARTS) is 1. The van der Waals surface area contributed by atoms with Gasteiger partial charge >= 0.3 is 18.1 Å². The normalized spacial score (nSPS) is 14.7. The van der Waals surface area contributed by atoms with Crippen LogP contribution in [-0.4, -0.2) is 59.3 Å². The van der Waals surface area contributed by atoms with Crippen molar-refractivity contribution in [1.29, 1.82) is 0 Å². The van der Waals surface area contributed by atoms with E-state index >= 15 is 0 Å². The van der Waals surface area contributed by atoms with E-state index in [4.69, 9.17) is 19.1 Å². The Hall–Kier alpha value is -2.92. The SMILES string of the molecule is COC[C@H](C)NC(=O)c1nc2c(o1)CCN(Cc1ccccc1)C2.O=C(O)C(F)(F)F. The Morgan fingerprint density at radius 2 is 1.97 bits per heavy atom. The van der Waals surface area contributed by atoms with Crippen molar-refractivity contribution in [3.63, 3.8) is 0 Å². The number of aromatic nitrogens is 1. The lowest BCUT2D eigenvalue weighted by atomic mass is 10.1. The van der Waals surface area contributed by atoms with Crippen molar-refractivity contribution >= 4 is 11.9 Å². The Morgan fingerprint density at radius 1 is 1.32 bits per heavy atom. The molecular formula is C20H24F3N3O5. The molecule has 1 aromatic heterocycles. The molecule has 3 rings (SSSR count). The van der Waals surface area contributed by atoms with E-state index in [-0.39, 0.29) is 17.8 Å². The standard InChI is InChI=1S/C18H23N3O3.C2HF3O2/c1-13(12-23-2)19-17(22)18-20-15-11-21(9-8-16(15)24-18)10-14-6-4-3-5-7-14;3-2(4,5)1(6)7/h3-7,13H,8-12H2,1-2H3,(H,19,22);(H,6,7)/t13-;/m0./s1. The number of aliphatic carboxylic acids is 1. The Balaban J connectivity index is 0.000000423. The molecule has 0 aliphatic carbocycles. The van der Waals surface area contributed by atoms with Gasteiger partial charge in [0.1, 0.15) is 5.76 Å². The van der Waals surface area contributed by atoms with Crippen LogP contribution in [0.15, 0.2) is 34.7 Å². The monoisotopic (exact) mass is 443 g/mol. The number of nitrogens with zero attached hydrogens (tertiary/aromatic N) is 2. The van der Waals surface area contributed by atoms with E-state index in [1.54, 1.807) is 7.11 Å². The molecule has 0 fully saturated rings. The minimum atomic E-state index is -5.08. The van der Waals surface area contributed by atoms with Crippen molar-refractivity contribution in [2.75, 3.05) is 20.3 Å². The number of hydrogen-bond donors (Lipinski definition) is 2. The minimum Gasteiger partial charge on any atom is -0.475 e. The zero-order valence-electron chi connectivity index (χ0n) is 17.1. The highest BCUT2D eigenvalue weighted by Crippen LogP contribution is 2.21. The van der Waals surface area contributed by atoms with Gasteiger partial charge in [0.15, 0.2) is 0 Å². The van der Waals surface area contributed by atoms with Crippen LogP contribution in [-0.2, 0) is 29.0 Å². The van der Waals surface area contributed by atoms with Crippen molar-refractivity contribution in [3.05, 3.63) is 53.2 Å². The number of amides is 1. The fourth-order valence-corrected chi connectivity index (χ4v) is 2.90. The third kappa shape index (κ3) is 7.68. The van der Waals surface area contributed by atoms with Crippen molar-refractivity contribution in [3.8, 4) is 0 Å². The molecule has 1 aliphatic heterocycles. The van der Waals surface area contributed by atoms with Crippen molar-refractivity contribution in [2.45, 2.75) is 38.7 Å². The van der Waals surface area contributed by atoms with Gasteiger partial charge in [-0.05, 0) is 12.5 Å². The van der Waals surface area contributed by atoms with Gasteiger partial charge in [0, 0.05) is 39.2 Å². The number of carboxylic acids is 1. The van der Waals surface area contributed by atoms with E-state index in [0.717, 1.165) is 31.0 Å². The summed E-state index contributed by atoms with van der Waals surface area (Å²) in [6.07, 6.45) is -4.31. The maximum Gasteiger partial charge on any atom is 0.490 e. The van der Waals surface area contributed by atoms with Crippen LogP contribution in [0.1, 0.15) is 34.6 Å². The summed E-state index contributed by atoms with van der Waals surface area (Å²) in [5.74, 6) is -2.08. The molecule has 1 aliphatic rings. The summed E-state index contributed by atoms with van der Waals surface area (Å²) in [6.45, 7) is 4.81. The number of carbonyl (C=O) groups is 2. The first-order valence-electron chi connectivity index (χ1n) is 9.45. The molecule has 0 saturated carbocycles. The van der Waals surface area contributed by atoms with E-state index in [0.29, 0.717) is 13.2 Å². The molecule has 1 aromatic carbocycles. The van der Waals surface area contributed by atoms with Gasteiger partial charge in [0.2, 0.25) is 0 Å². The number of nitrogens with one attached hydrogen (secondary N) is 1. The number of halogens is 3. The number of fused-ring (bicyclic) bond motifs is 1. The van der Waals surface area contributed by atoms with Gasteiger partial charge in [-0.2, -0.15) is 13.2 Å². The third-order valence-electron chi connectivity index (χ3n) is 4.29. The largest absolute Gasteiger partial charge is 0.490 e. The van der Waals surface area contributed by atoms with Crippen LogP contribution in [0.25, 0.3) is 0 Å². The van der Waals surface area contributed by atoms with Gasteiger partial charge in [0.25, 0.3) is 5.89 Å². The number of benzene rings is 1. The number of methoxy groups -OCH3 is 1. The van der Waals surface area contributed by atoms with E-state index in [2.05, 4.69) is 27.3 Å². The zero-order valence-corrected chi connectivity index (χ0v) is 17.1. The van der Waals surface area contributed by atoms with E-state index in [1.165, 1.54) is 5.56 Å². The Kier molecular flexibility index (Phi) is 8.57. The van der Waals surface area contributed by atoms with Gasteiger partial charge in [-0.3, -0.25) is 9.69 Å². The minimum absolute atomic E-state index is 0.0824. The van der Waals surface area contributed by atoms with Gasteiger partial charge in [-0.1, -0.05) is 30.3 Å². The molecule has 31 heavy (non-hydrogen) atoms. The second kappa shape index (κ2) is 10.9. The molecule has 8 nitrogen and oxygen atoms in total. The smallest absolute Gasteiger partial charge is 0.475 e. The molecule has 0 spiro atoms. The molecule has 1 atom stereocenters. The first-order chi connectivity index (χ1) is 14.6. The molecule has 1 amide bonds. The number of carbonyl (C=O) groups excluding carboxylic acids is 1. The predicted molar refractivity (Wildman–Crippen MR) is 103 cm³/mol. The highest BCUT2D eigenvalue weighted by molar-refractivity contribution is 5.89. The number of ether oxygens (including phenoxy) is 1. The van der Waals surface area contributed by atoms with Crippen LogP contribution in [0.2, 0.25) is 0 Å². The average molecular weight is 443 g/mol. The Morgan fingerprint density at radius 3 is 2.55 bits per heavy atom.